The quantitative estimate of drug-likeness (QED) is 0.388. The van der Waals surface area contributed by atoms with Crippen LogP contribution in [-0.4, -0.2) is 54.6 Å². The van der Waals surface area contributed by atoms with Crippen molar-refractivity contribution >= 4 is 18.0 Å². The van der Waals surface area contributed by atoms with Crippen LogP contribution in [0.2, 0.25) is 0 Å². The summed E-state index contributed by atoms with van der Waals surface area (Å²) in [6, 6.07) is 17.2. The molecule has 1 aliphatic rings. The number of nitrogens with zero attached hydrogens (tertiary/aromatic N) is 2. The van der Waals surface area contributed by atoms with Gasteiger partial charge in [-0.15, -0.1) is 0 Å². The lowest BCUT2D eigenvalue weighted by Gasteiger charge is -2.10. The maximum Gasteiger partial charge on any atom is 0.331 e. The number of para-hydroxylation sites is 1. The zero-order valence-corrected chi connectivity index (χ0v) is 19.0. The first kappa shape index (κ1) is 23.3. The van der Waals surface area contributed by atoms with Crippen molar-refractivity contribution in [3.8, 4) is 22.7 Å². The molecule has 0 radical (unpaired) electrons. The third-order valence-electron chi connectivity index (χ3n) is 5.42. The second-order valence-corrected chi connectivity index (χ2v) is 7.82. The molecule has 176 valence electrons. The number of hydrogen-bond acceptors (Lipinski definition) is 6. The summed E-state index contributed by atoms with van der Waals surface area (Å²) in [5.41, 5.74) is 3.19. The summed E-state index contributed by atoms with van der Waals surface area (Å²) in [6.07, 6.45) is 6.74. The Morgan fingerprint density at radius 3 is 2.68 bits per heavy atom. The highest BCUT2D eigenvalue weighted by atomic mass is 16.5. The lowest BCUT2D eigenvalue weighted by atomic mass is 10.1. The van der Waals surface area contributed by atoms with Crippen LogP contribution >= 0.6 is 0 Å². The average molecular weight is 462 g/mol. The third-order valence-corrected chi connectivity index (χ3v) is 5.42. The van der Waals surface area contributed by atoms with E-state index in [4.69, 9.17) is 19.3 Å². The Hall–Kier alpha value is -3.91. The van der Waals surface area contributed by atoms with E-state index in [-0.39, 0.29) is 18.6 Å². The van der Waals surface area contributed by atoms with Gasteiger partial charge in [0.25, 0.3) is 5.91 Å². The molecule has 1 N–H and O–H groups in total. The largest absolute Gasteiger partial charge is 0.497 e. The van der Waals surface area contributed by atoms with Gasteiger partial charge in [-0.05, 0) is 55.3 Å². The number of rotatable bonds is 9. The molecule has 0 bridgehead atoms. The number of hydrogen-bond donors (Lipinski definition) is 1. The average Bonchev–Trinajstić information content (AvgIpc) is 3.56. The van der Waals surface area contributed by atoms with Crippen LogP contribution in [0.4, 0.5) is 0 Å². The molecular formula is C26H27N3O5. The first-order chi connectivity index (χ1) is 16.6. The smallest absolute Gasteiger partial charge is 0.331 e. The normalized spacial score (nSPS) is 15.4. The Kier molecular flexibility index (Phi) is 7.72. The number of carbonyl (C=O) groups is 2. The summed E-state index contributed by atoms with van der Waals surface area (Å²) in [4.78, 5) is 24.2. The minimum atomic E-state index is -0.611. The number of ether oxygens (including phenoxy) is 3. The van der Waals surface area contributed by atoms with Crippen molar-refractivity contribution in [2.75, 3.05) is 26.9 Å². The molecule has 2 aromatic carbocycles. The van der Waals surface area contributed by atoms with E-state index in [0.717, 1.165) is 42.0 Å². The molecule has 0 saturated carbocycles. The molecule has 1 saturated heterocycles. The van der Waals surface area contributed by atoms with Gasteiger partial charge in [0, 0.05) is 36.6 Å². The van der Waals surface area contributed by atoms with Crippen LogP contribution in [0.15, 0.2) is 66.9 Å². The molecule has 8 heteroatoms. The SMILES string of the molecule is COc1ccc(-c2nn(-c3ccccc3)cc2/C=C/C(=O)OCC(=O)NCC2CCCO2)cc1. The van der Waals surface area contributed by atoms with Gasteiger partial charge in [0.05, 0.1) is 24.6 Å². The van der Waals surface area contributed by atoms with E-state index in [1.54, 1.807) is 17.9 Å². The van der Waals surface area contributed by atoms with Crippen molar-refractivity contribution in [2.24, 2.45) is 0 Å². The number of nitrogens with one attached hydrogen (secondary N) is 1. The monoisotopic (exact) mass is 461 g/mol. The highest BCUT2D eigenvalue weighted by molar-refractivity contribution is 5.90. The number of benzene rings is 2. The summed E-state index contributed by atoms with van der Waals surface area (Å²) in [6.45, 7) is 0.806. The third kappa shape index (κ3) is 6.11. The molecular weight excluding hydrogens is 434 g/mol. The molecule has 1 unspecified atom stereocenters. The maximum atomic E-state index is 12.2. The molecule has 1 aliphatic heterocycles. The Bertz CT molecular complexity index is 1130. The summed E-state index contributed by atoms with van der Waals surface area (Å²) >= 11 is 0. The number of carbonyl (C=O) groups excluding carboxylic acids is 2. The van der Waals surface area contributed by atoms with Crippen molar-refractivity contribution < 1.29 is 23.8 Å². The van der Waals surface area contributed by atoms with Gasteiger partial charge in [0.2, 0.25) is 0 Å². The van der Waals surface area contributed by atoms with Crippen molar-refractivity contribution in [3.05, 3.63) is 72.4 Å². The van der Waals surface area contributed by atoms with E-state index in [0.29, 0.717) is 12.2 Å². The molecule has 1 atom stereocenters. The van der Waals surface area contributed by atoms with Crippen LogP contribution in [0.3, 0.4) is 0 Å². The number of methoxy groups -OCH3 is 1. The zero-order valence-electron chi connectivity index (χ0n) is 19.0. The Morgan fingerprint density at radius 1 is 1.18 bits per heavy atom. The molecule has 0 aliphatic carbocycles. The maximum absolute atomic E-state index is 12.2. The minimum absolute atomic E-state index is 0.0390. The highest BCUT2D eigenvalue weighted by Gasteiger charge is 2.16. The van der Waals surface area contributed by atoms with E-state index in [1.807, 2.05) is 60.8 Å². The van der Waals surface area contributed by atoms with Crippen LogP contribution in [-0.2, 0) is 19.1 Å². The van der Waals surface area contributed by atoms with Gasteiger partial charge >= 0.3 is 5.97 Å². The molecule has 2 heterocycles. The number of esters is 1. The number of amides is 1. The number of aromatic nitrogens is 2. The standard InChI is InChI=1S/C26H27N3O5/c1-32-22-12-9-19(10-13-22)26-20(17-29(28-26)21-6-3-2-4-7-21)11-14-25(31)34-18-24(30)27-16-23-8-5-15-33-23/h2-4,6-7,9-14,17,23H,5,8,15-16,18H2,1H3,(H,27,30)/b14-11+. The van der Waals surface area contributed by atoms with Gasteiger partial charge in [-0.25, -0.2) is 9.48 Å². The van der Waals surface area contributed by atoms with Gasteiger partial charge < -0.3 is 19.5 Å². The summed E-state index contributed by atoms with van der Waals surface area (Å²) in [7, 11) is 1.61. The lowest BCUT2D eigenvalue weighted by Crippen LogP contribution is -2.34. The summed E-state index contributed by atoms with van der Waals surface area (Å²) < 4.78 is 17.5. The van der Waals surface area contributed by atoms with Crippen LogP contribution in [0.1, 0.15) is 18.4 Å². The molecule has 1 amide bonds. The molecule has 1 aromatic heterocycles. The summed E-state index contributed by atoms with van der Waals surface area (Å²) in [5, 5.41) is 7.44. The van der Waals surface area contributed by atoms with E-state index in [2.05, 4.69) is 5.32 Å². The fourth-order valence-corrected chi connectivity index (χ4v) is 3.62. The van der Waals surface area contributed by atoms with Crippen LogP contribution in [0.5, 0.6) is 5.75 Å². The van der Waals surface area contributed by atoms with E-state index in [1.165, 1.54) is 6.08 Å². The van der Waals surface area contributed by atoms with Crippen LogP contribution in [0, 0.1) is 0 Å². The van der Waals surface area contributed by atoms with Crippen molar-refractivity contribution in [3.63, 3.8) is 0 Å². The Balaban J connectivity index is 1.44. The van der Waals surface area contributed by atoms with Gasteiger partial charge in [-0.1, -0.05) is 18.2 Å². The lowest BCUT2D eigenvalue weighted by molar-refractivity contribution is -0.143. The molecule has 1 fully saturated rings. The highest BCUT2D eigenvalue weighted by Crippen LogP contribution is 2.26. The predicted molar refractivity (Wildman–Crippen MR) is 128 cm³/mol. The molecule has 3 aromatic rings. The van der Waals surface area contributed by atoms with Crippen molar-refractivity contribution in [1.29, 1.82) is 0 Å². The van der Waals surface area contributed by atoms with Crippen molar-refractivity contribution in [2.45, 2.75) is 18.9 Å². The van der Waals surface area contributed by atoms with Gasteiger partial charge in [-0.2, -0.15) is 5.10 Å². The summed E-state index contributed by atoms with van der Waals surface area (Å²) in [5.74, 6) is -0.224. The van der Waals surface area contributed by atoms with Gasteiger partial charge in [0.1, 0.15) is 5.75 Å². The molecule has 34 heavy (non-hydrogen) atoms. The first-order valence-electron chi connectivity index (χ1n) is 11.1. The topological polar surface area (TPSA) is 91.7 Å². The van der Waals surface area contributed by atoms with Crippen LogP contribution < -0.4 is 10.1 Å². The first-order valence-corrected chi connectivity index (χ1v) is 11.1. The molecule has 8 nitrogen and oxygen atoms in total. The molecule has 0 spiro atoms. The molecule has 4 rings (SSSR count). The van der Waals surface area contributed by atoms with Crippen LogP contribution in [0.25, 0.3) is 23.0 Å². The second-order valence-electron chi connectivity index (χ2n) is 7.82. The second kappa shape index (κ2) is 11.3. The zero-order chi connectivity index (χ0) is 23.8. The fraction of sp³-hybridized carbons (Fsp3) is 0.269. The van der Waals surface area contributed by atoms with Gasteiger partial charge in [-0.3, -0.25) is 4.79 Å². The Morgan fingerprint density at radius 2 is 1.97 bits per heavy atom. The minimum Gasteiger partial charge on any atom is -0.497 e. The van der Waals surface area contributed by atoms with Crippen molar-refractivity contribution in [1.82, 2.24) is 15.1 Å². The van der Waals surface area contributed by atoms with Gasteiger partial charge in [0.15, 0.2) is 6.61 Å². The van der Waals surface area contributed by atoms with E-state index in [9.17, 15) is 9.59 Å². The Labute approximate surface area is 198 Å². The van der Waals surface area contributed by atoms with E-state index < -0.39 is 5.97 Å². The predicted octanol–water partition coefficient (Wildman–Crippen LogP) is 3.40. The van der Waals surface area contributed by atoms with E-state index >= 15 is 0 Å². The fourth-order valence-electron chi connectivity index (χ4n) is 3.62.